The Morgan fingerprint density at radius 3 is 2.88 bits per heavy atom. The Hall–Kier alpha value is -2.89. The number of imidazole rings is 1. The molecule has 0 radical (unpaired) electrons. The lowest BCUT2D eigenvalue weighted by atomic mass is 10.1. The highest BCUT2D eigenvalue weighted by Crippen LogP contribution is 2.07. The zero-order chi connectivity index (χ0) is 16.8. The van der Waals surface area contributed by atoms with E-state index in [1.165, 1.54) is 5.56 Å². The monoisotopic (exact) mass is 324 g/mol. The number of carbonyl (C=O) groups excluding carboxylic acids is 1. The Kier molecular flexibility index (Phi) is 5.05. The molecule has 0 fully saturated rings. The topological polar surface area (TPSA) is 73.0 Å². The molecule has 0 aliphatic rings. The zero-order valence-electron chi connectivity index (χ0n) is 13.6. The molecule has 6 heteroatoms. The number of aromatic nitrogens is 3. The molecule has 3 aromatic rings. The van der Waals surface area contributed by atoms with Crippen molar-refractivity contribution in [1.29, 1.82) is 0 Å². The van der Waals surface area contributed by atoms with Gasteiger partial charge in [0.2, 0.25) is 5.76 Å². The third-order valence-corrected chi connectivity index (χ3v) is 3.77. The van der Waals surface area contributed by atoms with Crippen LogP contribution in [0.4, 0.5) is 0 Å². The van der Waals surface area contributed by atoms with E-state index in [9.17, 15) is 4.79 Å². The highest BCUT2D eigenvalue weighted by Gasteiger charge is 2.12. The highest BCUT2D eigenvalue weighted by atomic mass is 16.5. The van der Waals surface area contributed by atoms with Gasteiger partial charge in [0.05, 0.1) is 12.2 Å². The average Bonchev–Trinajstić information content (AvgIpc) is 3.23. The van der Waals surface area contributed by atoms with Crippen molar-refractivity contribution in [3.63, 3.8) is 0 Å². The van der Waals surface area contributed by atoms with Crippen molar-refractivity contribution >= 4 is 5.91 Å². The fourth-order valence-electron chi connectivity index (χ4n) is 2.53. The maximum Gasteiger partial charge on any atom is 0.290 e. The van der Waals surface area contributed by atoms with E-state index < -0.39 is 0 Å². The molecule has 0 saturated heterocycles. The molecule has 0 aliphatic heterocycles. The summed E-state index contributed by atoms with van der Waals surface area (Å²) in [6.45, 7) is 3.00. The lowest BCUT2D eigenvalue weighted by Gasteiger charge is -2.08. The van der Waals surface area contributed by atoms with Crippen LogP contribution in [0.5, 0.6) is 0 Å². The van der Waals surface area contributed by atoms with Gasteiger partial charge >= 0.3 is 0 Å². The largest absolute Gasteiger partial charge is 0.351 e. The number of nitrogens with one attached hydrogen (secondary N) is 1. The van der Waals surface area contributed by atoms with Crippen molar-refractivity contribution in [3.05, 3.63) is 71.6 Å². The van der Waals surface area contributed by atoms with Gasteiger partial charge in [-0.25, -0.2) is 4.98 Å². The number of hydrogen-bond acceptors (Lipinski definition) is 4. The van der Waals surface area contributed by atoms with Crippen LogP contribution in [0.3, 0.4) is 0 Å². The van der Waals surface area contributed by atoms with Gasteiger partial charge in [-0.2, -0.15) is 0 Å². The fourth-order valence-corrected chi connectivity index (χ4v) is 2.53. The summed E-state index contributed by atoms with van der Waals surface area (Å²) in [6.07, 6.45) is 5.72. The van der Waals surface area contributed by atoms with E-state index in [1.807, 2.05) is 12.3 Å². The Labute approximate surface area is 140 Å². The minimum absolute atomic E-state index is 0.217. The van der Waals surface area contributed by atoms with Crippen molar-refractivity contribution in [2.45, 2.75) is 32.9 Å². The predicted octanol–water partition coefficient (Wildman–Crippen LogP) is 2.74. The normalized spacial score (nSPS) is 10.7. The molecule has 1 N–H and O–H groups in total. The summed E-state index contributed by atoms with van der Waals surface area (Å²) in [7, 11) is 0. The molecule has 0 saturated carbocycles. The van der Waals surface area contributed by atoms with E-state index in [1.54, 1.807) is 19.2 Å². The van der Waals surface area contributed by atoms with Gasteiger partial charge in [0, 0.05) is 25.0 Å². The van der Waals surface area contributed by atoms with Crippen LogP contribution in [0.2, 0.25) is 0 Å². The first-order chi connectivity index (χ1) is 11.7. The zero-order valence-corrected chi connectivity index (χ0v) is 13.6. The van der Waals surface area contributed by atoms with E-state index in [4.69, 9.17) is 4.52 Å². The number of carbonyl (C=O) groups is 1. The molecule has 0 unspecified atom stereocenters. The van der Waals surface area contributed by atoms with Crippen LogP contribution < -0.4 is 5.32 Å². The first-order valence-corrected chi connectivity index (χ1v) is 7.98. The minimum Gasteiger partial charge on any atom is -0.351 e. The number of rotatable bonds is 7. The summed E-state index contributed by atoms with van der Waals surface area (Å²) in [5.41, 5.74) is 2.01. The van der Waals surface area contributed by atoms with E-state index >= 15 is 0 Å². The van der Waals surface area contributed by atoms with Crippen LogP contribution in [0.25, 0.3) is 0 Å². The first kappa shape index (κ1) is 16.0. The number of benzene rings is 1. The Bertz CT molecular complexity index is 792. The lowest BCUT2D eigenvalue weighted by Crippen LogP contribution is -2.24. The molecule has 0 atom stereocenters. The second-order valence-corrected chi connectivity index (χ2v) is 5.64. The maximum absolute atomic E-state index is 12.0. The van der Waals surface area contributed by atoms with E-state index in [0.717, 1.165) is 25.2 Å². The van der Waals surface area contributed by atoms with Crippen molar-refractivity contribution in [2.24, 2.45) is 0 Å². The molecule has 6 nitrogen and oxygen atoms in total. The molecular weight excluding hydrogens is 304 g/mol. The van der Waals surface area contributed by atoms with Gasteiger partial charge in [0.1, 0.15) is 5.82 Å². The SMILES string of the molecule is Cc1cc(C(=O)NCc2nccn2CCCc2ccccc2)on1. The van der Waals surface area contributed by atoms with Crippen molar-refractivity contribution in [2.75, 3.05) is 0 Å². The molecule has 1 amide bonds. The third-order valence-electron chi connectivity index (χ3n) is 3.77. The van der Waals surface area contributed by atoms with Crippen LogP contribution in [0, 0.1) is 6.92 Å². The van der Waals surface area contributed by atoms with Crippen molar-refractivity contribution in [1.82, 2.24) is 20.0 Å². The Morgan fingerprint density at radius 2 is 2.12 bits per heavy atom. The molecule has 2 heterocycles. The molecule has 124 valence electrons. The summed E-state index contributed by atoms with van der Waals surface area (Å²) in [5.74, 6) is 0.761. The average molecular weight is 324 g/mol. The first-order valence-electron chi connectivity index (χ1n) is 7.98. The molecule has 0 bridgehead atoms. The number of nitrogens with zero attached hydrogens (tertiary/aromatic N) is 3. The van der Waals surface area contributed by atoms with Crippen LogP contribution in [0.15, 0.2) is 53.3 Å². The highest BCUT2D eigenvalue weighted by molar-refractivity contribution is 5.91. The van der Waals surface area contributed by atoms with Crippen LogP contribution in [0.1, 0.15) is 34.1 Å². The second kappa shape index (κ2) is 7.59. The van der Waals surface area contributed by atoms with E-state index in [0.29, 0.717) is 12.2 Å². The molecule has 3 rings (SSSR count). The van der Waals surface area contributed by atoms with Gasteiger partial charge in [-0.05, 0) is 25.3 Å². The fraction of sp³-hybridized carbons (Fsp3) is 0.278. The number of hydrogen-bond donors (Lipinski definition) is 1. The minimum atomic E-state index is -0.283. The van der Waals surface area contributed by atoms with Gasteiger partial charge in [0.25, 0.3) is 5.91 Å². The Balaban J connectivity index is 1.50. The molecular formula is C18H20N4O2. The summed E-state index contributed by atoms with van der Waals surface area (Å²) < 4.78 is 7.02. The van der Waals surface area contributed by atoms with Crippen LogP contribution in [-0.2, 0) is 19.5 Å². The van der Waals surface area contributed by atoms with Gasteiger partial charge in [-0.15, -0.1) is 0 Å². The van der Waals surface area contributed by atoms with Gasteiger partial charge in [-0.1, -0.05) is 35.5 Å². The lowest BCUT2D eigenvalue weighted by molar-refractivity contribution is 0.0912. The summed E-state index contributed by atoms with van der Waals surface area (Å²) >= 11 is 0. The van der Waals surface area contributed by atoms with Gasteiger partial charge in [-0.3, -0.25) is 4.79 Å². The second-order valence-electron chi connectivity index (χ2n) is 5.64. The number of aryl methyl sites for hydroxylation is 3. The molecule has 0 aliphatic carbocycles. The predicted molar refractivity (Wildman–Crippen MR) is 89.4 cm³/mol. The molecule has 24 heavy (non-hydrogen) atoms. The molecule has 0 spiro atoms. The van der Waals surface area contributed by atoms with Crippen LogP contribution in [-0.4, -0.2) is 20.6 Å². The van der Waals surface area contributed by atoms with Crippen molar-refractivity contribution in [3.8, 4) is 0 Å². The summed E-state index contributed by atoms with van der Waals surface area (Å²) in [5, 5.41) is 6.52. The van der Waals surface area contributed by atoms with E-state index in [-0.39, 0.29) is 11.7 Å². The standard InChI is InChI=1S/C18H20N4O2/c1-14-12-16(24-21-14)18(23)20-13-17-19-9-11-22(17)10-5-8-15-6-3-2-4-7-15/h2-4,6-7,9,11-12H,5,8,10,13H2,1H3,(H,20,23). The van der Waals surface area contributed by atoms with Crippen molar-refractivity contribution < 1.29 is 9.32 Å². The van der Waals surface area contributed by atoms with Gasteiger partial charge in [0.15, 0.2) is 0 Å². The Morgan fingerprint density at radius 1 is 1.29 bits per heavy atom. The number of amides is 1. The summed E-state index contributed by atoms with van der Waals surface area (Å²) in [6, 6.07) is 12.0. The quantitative estimate of drug-likeness (QED) is 0.725. The van der Waals surface area contributed by atoms with E-state index in [2.05, 4.69) is 44.3 Å². The molecule has 2 aromatic heterocycles. The summed E-state index contributed by atoms with van der Waals surface area (Å²) in [4.78, 5) is 16.3. The molecule has 1 aromatic carbocycles. The van der Waals surface area contributed by atoms with Crippen LogP contribution >= 0.6 is 0 Å². The third kappa shape index (κ3) is 4.10. The maximum atomic E-state index is 12.0. The van der Waals surface area contributed by atoms with Gasteiger partial charge < -0.3 is 14.4 Å². The smallest absolute Gasteiger partial charge is 0.290 e.